The van der Waals surface area contributed by atoms with E-state index in [4.69, 9.17) is 9.47 Å². The van der Waals surface area contributed by atoms with Gasteiger partial charge in [0.2, 0.25) is 0 Å². The largest absolute Gasteiger partial charge is 0.364 e. The average Bonchev–Trinajstić information content (AvgIpc) is 2.66. The lowest BCUT2D eigenvalue weighted by Crippen LogP contribution is -2.13. The van der Waals surface area contributed by atoms with Crippen LogP contribution in [0.3, 0.4) is 0 Å². The summed E-state index contributed by atoms with van der Waals surface area (Å²) in [5, 5.41) is 0. The van der Waals surface area contributed by atoms with Crippen LogP contribution in [-0.2, 0) is 9.47 Å². The molecular formula is C16H22O2. The average molecular weight is 246 g/mol. The van der Waals surface area contributed by atoms with Crippen LogP contribution in [0.15, 0.2) is 23.3 Å². The van der Waals surface area contributed by atoms with Gasteiger partial charge < -0.3 is 9.47 Å². The Kier molecular flexibility index (Phi) is 5.04. The van der Waals surface area contributed by atoms with Crippen LogP contribution in [0.2, 0.25) is 0 Å². The molecule has 0 radical (unpaired) electrons. The molecule has 0 aliphatic carbocycles. The minimum atomic E-state index is 0.132. The zero-order valence-corrected chi connectivity index (χ0v) is 11.4. The standard InChI is InChI=1S/C16H22O2/c1-13-10-15-11-14(2)16(18-15)8-6-4-3-5-7-9-17-12-13/h10-11,15-16H,3-4,6,8-9,12H2,1-2H3/b13-10+/t15-,16+/m1/s1. The van der Waals surface area contributed by atoms with Crippen LogP contribution < -0.4 is 0 Å². The summed E-state index contributed by atoms with van der Waals surface area (Å²) in [6, 6.07) is 0. The molecule has 2 bridgehead atoms. The molecule has 2 nitrogen and oxygen atoms in total. The summed E-state index contributed by atoms with van der Waals surface area (Å²) in [5.74, 6) is 6.22. The van der Waals surface area contributed by atoms with Crippen LogP contribution in [0.4, 0.5) is 0 Å². The molecule has 0 saturated heterocycles. The van der Waals surface area contributed by atoms with E-state index in [1.54, 1.807) is 0 Å². The molecule has 0 aromatic heterocycles. The highest BCUT2D eigenvalue weighted by molar-refractivity contribution is 5.21. The SMILES string of the molecule is CC1=C[C@H]2/C=C(\C)COCC#CCCCC[C@@H]1O2. The van der Waals surface area contributed by atoms with E-state index in [-0.39, 0.29) is 6.10 Å². The van der Waals surface area contributed by atoms with Crippen LogP contribution in [0.25, 0.3) is 0 Å². The van der Waals surface area contributed by atoms with Crippen molar-refractivity contribution in [1.82, 2.24) is 0 Å². The second-order valence-electron chi connectivity index (χ2n) is 5.11. The third kappa shape index (κ3) is 4.01. The lowest BCUT2D eigenvalue weighted by Gasteiger charge is -2.14. The van der Waals surface area contributed by atoms with Gasteiger partial charge in [0.1, 0.15) is 6.61 Å². The smallest absolute Gasteiger partial charge is 0.108 e. The van der Waals surface area contributed by atoms with Crippen molar-refractivity contribution >= 4 is 0 Å². The van der Waals surface area contributed by atoms with Crippen molar-refractivity contribution in [3.63, 3.8) is 0 Å². The molecule has 0 aromatic rings. The fourth-order valence-electron chi connectivity index (χ4n) is 2.36. The zero-order chi connectivity index (χ0) is 12.8. The molecule has 0 aromatic carbocycles. The number of ether oxygens (including phenoxy) is 2. The van der Waals surface area contributed by atoms with E-state index >= 15 is 0 Å². The maximum Gasteiger partial charge on any atom is 0.108 e. The molecule has 0 fully saturated rings. The fourth-order valence-corrected chi connectivity index (χ4v) is 2.36. The molecule has 2 aliphatic rings. The van der Waals surface area contributed by atoms with Gasteiger partial charge in [0.05, 0.1) is 18.8 Å². The zero-order valence-electron chi connectivity index (χ0n) is 11.4. The van der Waals surface area contributed by atoms with E-state index in [1.807, 2.05) is 0 Å². The molecular weight excluding hydrogens is 224 g/mol. The summed E-state index contributed by atoms with van der Waals surface area (Å²) in [7, 11) is 0. The van der Waals surface area contributed by atoms with Gasteiger partial charge in [0.15, 0.2) is 0 Å². The first-order chi connectivity index (χ1) is 8.75. The van der Waals surface area contributed by atoms with Crippen molar-refractivity contribution in [2.24, 2.45) is 0 Å². The molecule has 2 heteroatoms. The molecule has 0 saturated carbocycles. The molecule has 0 spiro atoms. The van der Waals surface area contributed by atoms with Gasteiger partial charge in [0, 0.05) is 6.42 Å². The number of hydrogen-bond acceptors (Lipinski definition) is 2. The summed E-state index contributed by atoms with van der Waals surface area (Å²) in [6.45, 7) is 5.43. The molecule has 0 amide bonds. The van der Waals surface area contributed by atoms with E-state index in [9.17, 15) is 0 Å². The maximum absolute atomic E-state index is 6.03. The quantitative estimate of drug-likeness (QED) is 0.482. The van der Waals surface area contributed by atoms with Gasteiger partial charge in [-0.1, -0.05) is 18.1 Å². The second-order valence-corrected chi connectivity index (χ2v) is 5.11. The summed E-state index contributed by atoms with van der Waals surface area (Å²) < 4.78 is 11.5. The minimum absolute atomic E-state index is 0.132. The lowest BCUT2D eigenvalue weighted by molar-refractivity contribution is 0.0737. The molecule has 2 aliphatic heterocycles. The van der Waals surface area contributed by atoms with E-state index in [1.165, 1.54) is 17.6 Å². The third-order valence-corrected chi connectivity index (χ3v) is 3.35. The van der Waals surface area contributed by atoms with Crippen LogP contribution in [0.1, 0.15) is 39.5 Å². The van der Waals surface area contributed by atoms with Crippen LogP contribution in [0, 0.1) is 11.8 Å². The van der Waals surface area contributed by atoms with Gasteiger partial charge in [-0.05, 0) is 44.3 Å². The fraction of sp³-hybridized carbons (Fsp3) is 0.625. The van der Waals surface area contributed by atoms with Crippen molar-refractivity contribution in [3.05, 3.63) is 23.3 Å². The molecule has 0 unspecified atom stereocenters. The number of fused-ring (bicyclic) bond motifs is 2. The highest BCUT2D eigenvalue weighted by atomic mass is 16.5. The van der Waals surface area contributed by atoms with Gasteiger partial charge in [0.25, 0.3) is 0 Å². The molecule has 0 N–H and O–H groups in total. The Hall–Kier alpha value is -1.04. The topological polar surface area (TPSA) is 18.5 Å². The first-order valence-electron chi connectivity index (χ1n) is 6.80. The second kappa shape index (κ2) is 6.78. The highest BCUT2D eigenvalue weighted by Crippen LogP contribution is 2.25. The monoisotopic (exact) mass is 246 g/mol. The number of hydrogen-bond donors (Lipinski definition) is 0. The Morgan fingerprint density at radius 2 is 2.06 bits per heavy atom. The predicted octanol–water partition coefficient (Wildman–Crippen LogP) is 3.24. The Balaban J connectivity index is 2.01. The van der Waals surface area contributed by atoms with E-state index in [0.717, 1.165) is 19.3 Å². The molecule has 2 atom stereocenters. The summed E-state index contributed by atoms with van der Waals surface area (Å²) in [5.41, 5.74) is 2.58. The van der Waals surface area contributed by atoms with Gasteiger partial charge in [-0.3, -0.25) is 0 Å². The molecule has 18 heavy (non-hydrogen) atoms. The van der Waals surface area contributed by atoms with Crippen molar-refractivity contribution in [3.8, 4) is 11.8 Å². The summed E-state index contributed by atoms with van der Waals surface area (Å²) >= 11 is 0. The van der Waals surface area contributed by atoms with Crippen LogP contribution in [0.5, 0.6) is 0 Å². The van der Waals surface area contributed by atoms with Crippen molar-refractivity contribution in [1.29, 1.82) is 0 Å². The van der Waals surface area contributed by atoms with Gasteiger partial charge in [-0.15, -0.1) is 5.92 Å². The Labute approximate surface area is 110 Å². The highest BCUT2D eigenvalue weighted by Gasteiger charge is 2.22. The minimum Gasteiger partial charge on any atom is -0.364 e. The van der Waals surface area contributed by atoms with E-state index in [2.05, 4.69) is 37.8 Å². The molecule has 2 heterocycles. The third-order valence-electron chi connectivity index (χ3n) is 3.35. The van der Waals surface area contributed by atoms with Crippen molar-refractivity contribution in [2.75, 3.05) is 13.2 Å². The summed E-state index contributed by atoms with van der Waals surface area (Å²) in [4.78, 5) is 0. The first kappa shape index (κ1) is 13.4. The van der Waals surface area contributed by atoms with Gasteiger partial charge >= 0.3 is 0 Å². The molecule has 98 valence electrons. The van der Waals surface area contributed by atoms with E-state index < -0.39 is 0 Å². The normalized spacial score (nSPS) is 32.6. The predicted molar refractivity (Wildman–Crippen MR) is 73.2 cm³/mol. The van der Waals surface area contributed by atoms with E-state index in [0.29, 0.717) is 19.3 Å². The summed E-state index contributed by atoms with van der Waals surface area (Å²) in [6.07, 6.45) is 9.23. The van der Waals surface area contributed by atoms with Crippen molar-refractivity contribution < 1.29 is 9.47 Å². The van der Waals surface area contributed by atoms with Gasteiger partial charge in [-0.25, -0.2) is 0 Å². The van der Waals surface area contributed by atoms with Crippen LogP contribution >= 0.6 is 0 Å². The lowest BCUT2D eigenvalue weighted by atomic mass is 10.1. The first-order valence-corrected chi connectivity index (χ1v) is 6.80. The van der Waals surface area contributed by atoms with Gasteiger partial charge in [-0.2, -0.15) is 0 Å². The molecule has 2 rings (SSSR count). The van der Waals surface area contributed by atoms with Crippen molar-refractivity contribution in [2.45, 2.75) is 51.7 Å². The van der Waals surface area contributed by atoms with Crippen LogP contribution in [-0.4, -0.2) is 25.4 Å². The maximum atomic E-state index is 6.03. The Morgan fingerprint density at radius 1 is 1.17 bits per heavy atom. The Bertz CT molecular complexity index is 395. The number of rotatable bonds is 0. The Morgan fingerprint density at radius 3 is 2.94 bits per heavy atom.